The van der Waals surface area contributed by atoms with Crippen molar-refractivity contribution in [3.63, 3.8) is 0 Å². The van der Waals surface area contributed by atoms with Crippen LogP contribution in [0.3, 0.4) is 0 Å². The summed E-state index contributed by atoms with van der Waals surface area (Å²) in [6, 6.07) is 3.87. The quantitative estimate of drug-likeness (QED) is 0.662. The third-order valence-corrected chi connectivity index (χ3v) is 6.01. The first-order chi connectivity index (χ1) is 13.1. The minimum atomic E-state index is -0.0254. The fraction of sp³-hybridized carbons (Fsp3) is 0.400. The van der Waals surface area contributed by atoms with Gasteiger partial charge in [0.15, 0.2) is 5.82 Å². The van der Waals surface area contributed by atoms with Crippen molar-refractivity contribution in [3.05, 3.63) is 35.0 Å². The molecular weight excluding hydrogens is 358 g/mol. The molecule has 3 heterocycles. The number of fused-ring (bicyclic) bond motifs is 3. The van der Waals surface area contributed by atoms with Crippen molar-refractivity contribution in [1.82, 2.24) is 20.3 Å². The lowest BCUT2D eigenvalue weighted by molar-refractivity contribution is -0.118. The lowest BCUT2D eigenvalue weighted by Crippen LogP contribution is -2.26. The third-order valence-electron chi connectivity index (χ3n) is 4.87. The maximum absolute atomic E-state index is 11.1. The van der Waals surface area contributed by atoms with E-state index in [9.17, 15) is 4.79 Å². The second-order valence-corrected chi connectivity index (χ2v) is 8.16. The Kier molecular flexibility index (Phi) is 5.03. The molecule has 6 nitrogen and oxygen atoms in total. The normalized spacial score (nSPS) is 16.1. The number of pyridine rings is 1. The number of nitrogens with zero attached hydrogens (tertiary/aromatic N) is 3. The fourth-order valence-electron chi connectivity index (χ4n) is 3.51. The zero-order valence-corrected chi connectivity index (χ0v) is 16.4. The van der Waals surface area contributed by atoms with E-state index >= 15 is 0 Å². The van der Waals surface area contributed by atoms with Gasteiger partial charge >= 0.3 is 0 Å². The van der Waals surface area contributed by atoms with E-state index in [1.807, 2.05) is 12.1 Å². The zero-order valence-electron chi connectivity index (χ0n) is 15.6. The van der Waals surface area contributed by atoms with Crippen LogP contribution in [0.1, 0.15) is 30.7 Å². The van der Waals surface area contributed by atoms with Gasteiger partial charge in [0.05, 0.1) is 5.39 Å². The lowest BCUT2D eigenvalue weighted by atomic mass is 9.89. The van der Waals surface area contributed by atoms with Crippen LogP contribution < -0.4 is 10.6 Å². The molecule has 3 aromatic heterocycles. The molecule has 1 amide bonds. The number of anilines is 1. The van der Waals surface area contributed by atoms with Crippen LogP contribution in [0.25, 0.3) is 21.6 Å². The van der Waals surface area contributed by atoms with E-state index in [1.165, 1.54) is 23.8 Å². The van der Waals surface area contributed by atoms with E-state index in [0.717, 1.165) is 34.4 Å². The van der Waals surface area contributed by atoms with Gasteiger partial charge in [-0.1, -0.05) is 6.92 Å². The highest BCUT2D eigenvalue weighted by molar-refractivity contribution is 7.19. The van der Waals surface area contributed by atoms with Crippen molar-refractivity contribution < 1.29 is 4.79 Å². The highest BCUT2D eigenvalue weighted by atomic mass is 32.1. The summed E-state index contributed by atoms with van der Waals surface area (Å²) in [4.78, 5) is 27.5. The summed E-state index contributed by atoms with van der Waals surface area (Å²) >= 11 is 1.79. The second-order valence-electron chi connectivity index (χ2n) is 7.08. The molecular formula is C20H23N5OS. The summed E-state index contributed by atoms with van der Waals surface area (Å²) in [7, 11) is 0. The molecule has 2 N–H and O–H groups in total. The molecule has 140 valence electrons. The molecule has 0 aromatic carbocycles. The SMILES string of the molecule is CC(=O)NCCNc1nc(-c2cccnc2)nc2sc3c(c12)CC[C@H](C)C3. The van der Waals surface area contributed by atoms with Crippen molar-refractivity contribution in [2.45, 2.75) is 33.1 Å². The van der Waals surface area contributed by atoms with Crippen molar-refractivity contribution in [2.24, 2.45) is 5.92 Å². The molecule has 27 heavy (non-hydrogen) atoms. The number of carbonyl (C=O) groups excluding carboxylic acids is 1. The number of aromatic nitrogens is 3. The molecule has 1 atom stereocenters. The van der Waals surface area contributed by atoms with E-state index in [4.69, 9.17) is 9.97 Å². The first-order valence-corrected chi connectivity index (χ1v) is 10.1. The molecule has 0 bridgehead atoms. The number of hydrogen-bond donors (Lipinski definition) is 2. The van der Waals surface area contributed by atoms with E-state index in [2.05, 4.69) is 22.5 Å². The summed E-state index contributed by atoms with van der Waals surface area (Å²) in [5.74, 6) is 2.23. The van der Waals surface area contributed by atoms with Crippen LogP contribution in [0.4, 0.5) is 5.82 Å². The van der Waals surface area contributed by atoms with E-state index < -0.39 is 0 Å². The Morgan fingerprint density at radius 1 is 1.33 bits per heavy atom. The molecule has 0 fully saturated rings. The number of hydrogen-bond acceptors (Lipinski definition) is 6. The van der Waals surface area contributed by atoms with Crippen LogP contribution in [0.15, 0.2) is 24.5 Å². The minimum absolute atomic E-state index is 0.0254. The standard InChI is InChI=1S/C20H23N5OS/c1-12-5-6-15-16(10-12)27-20-17(15)19(23-9-8-22-13(2)26)24-18(25-20)14-4-3-7-21-11-14/h3-4,7,11-12H,5-6,8-10H2,1-2H3,(H,22,26)(H,23,24,25)/t12-/m0/s1. The fourth-order valence-corrected chi connectivity index (χ4v) is 4.90. The molecule has 0 saturated carbocycles. The van der Waals surface area contributed by atoms with Gasteiger partial charge in [0.25, 0.3) is 0 Å². The Balaban J connectivity index is 1.75. The predicted octanol–water partition coefficient (Wildman–Crippen LogP) is 3.43. The highest BCUT2D eigenvalue weighted by Gasteiger charge is 2.24. The highest BCUT2D eigenvalue weighted by Crippen LogP contribution is 2.40. The van der Waals surface area contributed by atoms with Gasteiger partial charge in [-0.05, 0) is 42.9 Å². The maximum atomic E-state index is 11.1. The van der Waals surface area contributed by atoms with Gasteiger partial charge in [0, 0.05) is 42.8 Å². The molecule has 0 saturated heterocycles. The monoisotopic (exact) mass is 381 g/mol. The molecule has 3 aromatic rings. The van der Waals surface area contributed by atoms with Crippen LogP contribution in [0.5, 0.6) is 0 Å². The van der Waals surface area contributed by atoms with Crippen LogP contribution in [-0.4, -0.2) is 33.9 Å². The van der Waals surface area contributed by atoms with Crippen molar-refractivity contribution in [2.75, 3.05) is 18.4 Å². The predicted molar refractivity (Wildman–Crippen MR) is 109 cm³/mol. The third kappa shape index (κ3) is 3.78. The number of thiophene rings is 1. The molecule has 0 unspecified atom stereocenters. The summed E-state index contributed by atoms with van der Waals surface area (Å²) in [6.07, 6.45) is 6.93. The number of amides is 1. The van der Waals surface area contributed by atoms with Crippen molar-refractivity contribution in [1.29, 1.82) is 0 Å². The largest absolute Gasteiger partial charge is 0.368 e. The van der Waals surface area contributed by atoms with Gasteiger partial charge in [-0.15, -0.1) is 11.3 Å². The van der Waals surface area contributed by atoms with E-state index in [-0.39, 0.29) is 5.91 Å². The topological polar surface area (TPSA) is 79.8 Å². The first kappa shape index (κ1) is 17.9. The first-order valence-electron chi connectivity index (χ1n) is 9.33. The Hall–Kier alpha value is -2.54. The van der Waals surface area contributed by atoms with Crippen LogP contribution >= 0.6 is 11.3 Å². The lowest BCUT2D eigenvalue weighted by Gasteiger charge is -2.18. The van der Waals surface area contributed by atoms with E-state index in [0.29, 0.717) is 24.8 Å². The van der Waals surface area contributed by atoms with Crippen molar-refractivity contribution >= 4 is 33.3 Å². The summed E-state index contributed by atoms with van der Waals surface area (Å²) in [5, 5.41) is 7.39. The van der Waals surface area contributed by atoms with Crippen LogP contribution in [-0.2, 0) is 17.6 Å². The molecule has 0 aliphatic heterocycles. The van der Waals surface area contributed by atoms with Gasteiger partial charge in [0.1, 0.15) is 10.6 Å². The molecule has 1 aliphatic carbocycles. The zero-order chi connectivity index (χ0) is 18.8. The van der Waals surface area contributed by atoms with Gasteiger partial charge in [-0.25, -0.2) is 9.97 Å². The Morgan fingerprint density at radius 3 is 3.00 bits per heavy atom. The molecule has 1 aliphatic rings. The average molecular weight is 382 g/mol. The van der Waals surface area contributed by atoms with Gasteiger partial charge in [0.2, 0.25) is 5.91 Å². The average Bonchev–Trinajstić information content (AvgIpc) is 3.03. The Labute approximate surface area is 162 Å². The Bertz CT molecular complexity index is 969. The molecule has 0 spiro atoms. The molecule has 7 heteroatoms. The Morgan fingerprint density at radius 2 is 2.22 bits per heavy atom. The summed E-state index contributed by atoms with van der Waals surface area (Å²) in [6.45, 7) is 5.03. The van der Waals surface area contributed by atoms with Crippen LogP contribution in [0, 0.1) is 5.92 Å². The number of aryl methyl sites for hydroxylation is 1. The summed E-state index contributed by atoms with van der Waals surface area (Å²) < 4.78 is 0. The minimum Gasteiger partial charge on any atom is -0.368 e. The van der Waals surface area contributed by atoms with Gasteiger partial charge in [-0.3, -0.25) is 9.78 Å². The van der Waals surface area contributed by atoms with Crippen LogP contribution in [0.2, 0.25) is 0 Å². The van der Waals surface area contributed by atoms with Gasteiger partial charge < -0.3 is 10.6 Å². The maximum Gasteiger partial charge on any atom is 0.216 e. The second kappa shape index (κ2) is 7.60. The molecule has 4 rings (SSSR count). The van der Waals surface area contributed by atoms with Crippen molar-refractivity contribution in [3.8, 4) is 11.4 Å². The number of rotatable bonds is 5. The van der Waals surface area contributed by atoms with Gasteiger partial charge in [-0.2, -0.15) is 0 Å². The number of carbonyl (C=O) groups is 1. The number of nitrogens with one attached hydrogen (secondary N) is 2. The summed E-state index contributed by atoms with van der Waals surface area (Å²) in [5.41, 5.74) is 2.30. The van der Waals surface area contributed by atoms with E-state index in [1.54, 1.807) is 23.7 Å². The molecule has 0 radical (unpaired) electrons. The smallest absolute Gasteiger partial charge is 0.216 e.